The Bertz CT molecular complexity index is 966. The molecule has 2 N–H and O–H groups in total. The third-order valence-corrected chi connectivity index (χ3v) is 4.15. The first-order chi connectivity index (χ1) is 12.7. The number of para-hydroxylation sites is 1. The third-order valence-electron chi connectivity index (χ3n) is 4.15. The summed E-state index contributed by atoms with van der Waals surface area (Å²) in [4.78, 5) is 24.1. The molecule has 26 heavy (non-hydrogen) atoms. The average molecular weight is 344 g/mol. The van der Waals surface area contributed by atoms with E-state index in [9.17, 15) is 9.59 Å². The summed E-state index contributed by atoms with van der Waals surface area (Å²) in [5, 5.41) is 5.57. The van der Waals surface area contributed by atoms with E-state index in [-0.39, 0.29) is 18.4 Å². The first-order valence-corrected chi connectivity index (χ1v) is 8.23. The van der Waals surface area contributed by atoms with Gasteiger partial charge in [0.15, 0.2) is 6.61 Å². The second-order valence-electron chi connectivity index (χ2n) is 5.91. The molecule has 3 aromatic carbocycles. The van der Waals surface area contributed by atoms with Crippen molar-refractivity contribution in [2.45, 2.75) is 0 Å². The van der Waals surface area contributed by atoms with Crippen LogP contribution in [0, 0.1) is 0 Å². The number of hydrogen-bond donors (Lipinski definition) is 2. The van der Waals surface area contributed by atoms with E-state index in [1.165, 1.54) is 0 Å². The van der Waals surface area contributed by atoms with Crippen LogP contribution in [0.3, 0.4) is 0 Å². The van der Waals surface area contributed by atoms with Crippen molar-refractivity contribution in [2.75, 3.05) is 17.2 Å². The number of amides is 2. The number of nitrogens with one attached hydrogen (secondary N) is 2. The maximum Gasteiger partial charge on any atom is 0.262 e. The number of carbonyl (C=O) groups is 2. The smallest absolute Gasteiger partial charge is 0.262 e. The fourth-order valence-corrected chi connectivity index (χ4v) is 2.84. The van der Waals surface area contributed by atoms with Crippen LogP contribution in [-0.4, -0.2) is 18.4 Å². The molecule has 0 aliphatic carbocycles. The van der Waals surface area contributed by atoms with Crippen LogP contribution < -0.4 is 15.4 Å². The second kappa shape index (κ2) is 6.72. The lowest BCUT2D eigenvalue weighted by Crippen LogP contribution is -2.26. The molecular weight excluding hydrogens is 328 g/mol. The molecular formula is C21H16N2O3. The highest BCUT2D eigenvalue weighted by molar-refractivity contribution is 6.08. The molecule has 0 unspecified atom stereocenters. The Labute approximate surface area is 150 Å². The zero-order valence-electron chi connectivity index (χ0n) is 13.9. The van der Waals surface area contributed by atoms with Crippen LogP contribution >= 0.6 is 0 Å². The van der Waals surface area contributed by atoms with E-state index in [0.29, 0.717) is 22.7 Å². The standard InChI is InChI=1S/C21H16N2O3/c24-19-13-26-18-8-4-7-17(20(18)23-19)22-21(25)16-11-9-15(10-12-16)14-5-2-1-3-6-14/h1-12H,13H2,(H,22,25)(H,23,24). The molecule has 5 nitrogen and oxygen atoms in total. The number of hydrogen-bond acceptors (Lipinski definition) is 3. The summed E-state index contributed by atoms with van der Waals surface area (Å²) in [5.41, 5.74) is 3.66. The van der Waals surface area contributed by atoms with Crippen molar-refractivity contribution in [3.8, 4) is 16.9 Å². The summed E-state index contributed by atoms with van der Waals surface area (Å²) in [7, 11) is 0. The van der Waals surface area contributed by atoms with Crippen molar-refractivity contribution < 1.29 is 14.3 Å². The molecule has 128 valence electrons. The van der Waals surface area contributed by atoms with Crippen LogP contribution in [0.1, 0.15) is 10.4 Å². The van der Waals surface area contributed by atoms with Crippen LogP contribution in [0.4, 0.5) is 11.4 Å². The average Bonchev–Trinajstić information content (AvgIpc) is 2.69. The van der Waals surface area contributed by atoms with E-state index < -0.39 is 0 Å². The molecule has 0 saturated carbocycles. The highest BCUT2D eigenvalue weighted by Crippen LogP contribution is 2.35. The number of carbonyl (C=O) groups excluding carboxylic acids is 2. The van der Waals surface area contributed by atoms with E-state index in [1.807, 2.05) is 42.5 Å². The largest absolute Gasteiger partial charge is 0.481 e. The molecule has 0 aromatic heterocycles. The Balaban J connectivity index is 1.55. The third kappa shape index (κ3) is 3.15. The molecule has 0 fully saturated rings. The Morgan fingerprint density at radius 1 is 0.885 bits per heavy atom. The molecule has 3 aromatic rings. The van der Waals surface area contributed by atoms with Crippen LogP contribution in [0.25, 0.3) is 11.1 Å². The van der Waals surface area contributed by atoms with Crippen LogP contribution in [-0.2, 0) is 4.79 Å². The van der Waals surface area contributed by atoms with Gasteiger partial charge in [0.05, 0.1) is 5.69 Å². The van der Waals surface area contributed by atoms with Gasteiger partial charge in [-0.25, -0.2) is 0 Å². The van der Waals surface area contributed by atoms with Gasteiger partial charge in [-0.1, -0.05) is 48.5 Å². The molecule has 1 heterocycles. The Morgan fingerprint density at radius 2 is 1.62 bits per heavy atom. The summed E-state index contributed by atoms with van der Waals surface area (Å²) in [6, 6.07) is 22.6. The van der Waals surface area contributed by atoms with Crippen molar-refractivity contribution in [2.24, 2.45) is 0 Å². The highest BCUT2D eigenvalue weighted by Gasteiger charge is 2.20. The molecule has 4 rings (SSSR count). The van der Waals surface area contributed by atoms with Crippen molar-refractivity contribution >= 4 is 23.2 Å². The topological polar surface area (TPSA) is 67.4 Å². The molecule has 0 radical (unpaired) electrons. The van der Waals surface area contributed by atoms with Gasteiger partial charge in [0.25, 0.3) is 11.8 Å². The minimum atomic E-state index is -0.252. The molecule has 0 atom stereocenters. The number of benzene rings is 3. The van der Waals surface area contributed by atoms with Crippen molar-refractivity contribution in [3.05, 3.63) is 78.4 Å². The number of fused-ring (bicyclic) bond motifs is 1. The first kappa shape index (κ1) is 15.9. The van der Waals surface area contributed by atoms with Crippen molar-refractivity contribution in [1.82, 2.24) is 0 Å². The summed E-state index contributed by atoms with van der Waals surface area (Å²) in [5.74, 6) is 0.0473. The highest BCUT2D eigenvalue weighted by atomic mass is 16.5. The Morgan fingerprint density at radius 3 is 2.38 bits per heavy atom. The minimum absolute atomic E-state index is 0.0225. The first-order valence-electron chi connectivity index (χ1n) is 8.23. The predicted molar refractivity (Wildman–Crippen MR) is 100 cm³/mol. The lowest BCUT2D eigenvalue weighted by molar-refractivity contribution is -0.118. The monoisotopic (exact) mass is 344 g/mol. The van der Waals surface area contributed by atoms with Crippen molar-refractivity contribution in [3.63, 3.8) is 0 Å². The van der Waals surface area contributed by atoms with Crippen molar-refractivity contribution in [1.29, 1.82) is 0 Å². The maximum atomic E-state index is 12.6. The van der Waals surface area contributed by atoms with Gasteiger partial charge in [-0.3, -0.25) is 9.59 Å². The fourth-order valence-electron chi connectivity index (χ4n) is 2.84. The lowest BCUT2D eigenvalue weighted by Gasteiger charge is -2.20. The fraction of sp³-hybridized carbons (Fsp3) is 0.0476. The van der Waals surface area contributed by atoms with E-state index in [4.69, 9.17) is 4.74 Å². The van der Waals surface area contributed by atoms with Gasteiger partial charge in [0, 0.05) is 5.56 Å². The van der Waals surface area contributed by atoms with E-state index >= 15 is 0 Å². The maximum absolute atomic E-state index is 12.6. The second-order valence-corrected chi connectivity index (χ2v) is 5.91. The van der Waals surface area contributed by atoms with Gasteiger partial charge in [0.2, 0.25) is 0 Å². The molecule has 0 bridgehead atoms. The summed E-state index contributed by atoms with van der Waals surface area (Å²) < 4.78 is 5.37. The van der Waals surface area contributed by atoms with Gasteiger partial charge >= 0.3 is 0 Å². The van der Waals surface area contributed by atoms with Crippen LogP contribution in [0.15, 0.2) is 72.8 Å². The minimum Gasteiger partial charge on any atom is -0.481 e. The normalized spacial score (nSPS) is 12.5. The molecule has 0 saturated heterocycles. The van der Waals surface area contributed by atoms with E-state index in [0.717, 1.165) is 11.1 Å². The molecule has 5 heteroatoms. The summed E-state index contributed by atoms with van der Waals surface area (Å²) >= 11 is 0. The quantitative estimate of drug-likeness (QED) is 0.756. The zero-order chi connectivity index (χ0) is 17.9. The van der Waals surface area contributed by atoms with Gasteiger partial charge < -0.3 is 15.4 Å². The van der Waals surface area contributed by atoms with Crippen LogP contribution in [0.2, 0.25) is 0 Å². The molecule has 1 aliphatic rings. The number of anilines is 2. The van der Waals surface area contributed by atoms with Gasteiger partial charge in [-0.15, -0.1) is 0 Å². The number of rotatable bonds is 3. The van der Waals surface area contributed by atoms with E-state index in [2.05, 4.69) is 10.6 Å². The zero-order valence-corrected chi connectivity index (χ0v) is 13.9. The Hall–Kier alpha value is -3.60. The number of ether oxygens (including phenoxy) is 1. The lowest BCUT2D eigenvalue weighted by atomic mass is 10.0. The van der Waals surface area contributed by atoms with Crippen LogP contribution in [0.5, 0.6) is 5.75 Å². The van der Waals surface area contributed by atoms with Gasteiger partial charge in [-0.2, -0.15) is 0 Å². The SMILES string of the molecule is O=C1COc2cccc(NC(=O)c3ccc(-c4ccccc4)cc3)c2N1. The summed E-state index contributed by atoms with van der Waals surface area (Å²) in [6.45, 7) is -0.0225. The molecule has 0 spiro atoms. The predicted octanol–water partition coefficient (Wildman–Crippen LogP) is 3.94. The van der Waals surface area contributed by atoms with Gasteiger partial charge in [-0.05, 0) is 35.4 Å². The molecule has 2 amide bonds. The molecule has 1 aliphatic heterocycles. The Kier molecular flexibility index (Phi) is 4.11. The van der Waals surface area contributed by atoms with Gasteiger partial charge in [0.1, 0.15) is 11.4 Å². The summed E-state index contributed by atoms with van der Waals surface area (Å²) in [6.07, 6.45) is 0. The van der Waals surface area contributed by atoms with E-state index in [1.54, 1.807) is 30.3 Å².